The number of methoxy groups -OCH3 is 1. The molecule has 0 radical (unpaired) electrons. The number of amides is 1. The fourth-order valence-corrected chi connectivity index (χ4v) is 6.62. The van der Waals surface area contributed by atoms with Crippen molar-refractivity contribution in [3.05, 3.63) is 100 Å². The first-order valence-electron chi connectivity index (χ1n) is 15.6. The molecule has 1 amide bonds. The van der Waals surface area contributed by atoms with Gasteiger partial charge in [0.15, 0.2) is 0 Å². The molecule has 1 saturated heterocycles. The third kappa shape index (κ3) is 6.83. The Bertz CT molecular complexity index is 1570. The van der Waals surface area contributed by atoms with Crippen LogP contribution in [0.15, 0.2) is 83.7 Å². The highest BCUT2D eigenvalue weighted by molar-refractivity contribution is 5.94. The van der Waals surface area contributed by atoms with Crippen LogP contribution >= 0.6 is 0 Å². The van der Waals surface area contributed by atoms with Crippen LogP contribution in [0.25, 0.3) is 11.0 Å². The number of pyridine rings is 1. The van der Waals surface area contributed by atoms with Gasteiger partial charge in [0.1, 0.15) is 5.65 Å². The van der Waals surface area contributed by atoms with E-state index < -0.39 is 0 Å². The van der Waals surface area contributed by atoms with Crippen molar-refractivity contribution in [2.24, 2.45) is 0 Å². The molecular formula is C36H42N4O3. The standard InChI is InChI=1S/C36H42N4O3/c1-38-17-3-4-26(13-18-38)22-27-5-9-30(10-6-27)35(41)39-19-14-29(15-20-39)33-23-32-16-21-40(34(32)37-24-33)25-28-7-11-31(12-8-28)36(42)43-2/h4-5,7-9,11-12,16,21,23-24,29H,3,6,10,13-15,17-20,22,25H2,1-2H3. The first-order valence-corrected chi connectivity index (χ1v) is 15.6. The second-order valence-electron chi connectivity index (χ2n) is 12.3. The summed E-state index contributed by atoms with van der Waals surface area (Å²) in [4.78, 5) is 34.4. The lowest BCUT2D eigenvalue weighted by molar-refractivity contribution is -0.128. The second-order valence-corrected chi connectivity index (χ2v) is 12.3. The number of ether oxygens (including phenoxy) is 1. The molecule has 0 atom stereocenters. The van der Waals surface area contributed by atoms with Crippen LogP contribution < -0.4 is 0 Å². The van der Waals surface area contributed by atoms with Crippen LogP contribution in [-0.4, -0.2) is 71.6 Å². The first-order chi connectivity index (χ1) is 21.0. The molecule has 2 aliphatic heterocycles. The van der Waals surface area contributed by atoms with E-state index in [0.717, 1.165) is 93.3 Å². The number of carbonyl (C=O) groups is 2. The summed E-state index contributed by atoms with van der Waals surface area (Å²) in [7, 11) is 3.59. The maximum absolute atomic E-state index is 13.3. The minimum absolute atomic E-state index is 0.217. The van der Waals surface area contributed by atoms with Gasteiger partial charge in [0.2, 0.25) is 5.91 Å². The van der Waals surface area contributed by atoms with Crippen molar-refractivity contribution in [3.63, 3.8) is 0 Å². The molecule has 43 heavy (non-hydrogen) atoms. The van der Waals surface area contributed by atoms with Gasteiger partial charge in [0, 0.05) is 56.1 Å². The Balaban J connectivity index is 1.03. The van der Waals surface area contributed by atoms with Crippen LogP contribution in [0, 0.1) is 0 Å². The number of hydrogen-bond donors (Lipinski definition) is 0. The maximum atomic E-state index is 13.3. The lowest BCUT2D eigenvalue weighted by Gasteiger charge is -2.33. The number of fused-ring (bicyclic) bond motifs is 1. The number of piperidine rings is 1. The van der Waals surface area contributed by atoms with Gasteiger partial charge < -0.3 is 19.1 Å². The van der Waals surface area contributed by atoms with Crippen LogP contribution in [0.3, 0.4) is 0 Å². The van der Waals surface area contributed by atoms with Gasteiger partial charge in [-0.3, -0.25) is 4.79 Å². The van der Waals surface area contributed by atoms with E-state index in [9.17, 15) is 9.59 Å². The summed E-state index contributed by atoms with van der Waals surface area (Å²) in [5, 5.41) is 1.13. The van der Waals surface area contributed by atoms with Gasteiger partial charge in [-0.05, 0) is 93.3 Å². The van der Waals surface area contributed by atoms with Crippen LogP contribution in [-0.2, 0) is 16.1 Å². The molecule has 4 heterocycles. The van der Waals surface area contributed by atoms with Crippen molar-refractivity contribution in [2.45, 2.75) is 57.4 Å². The molecule has 6 rings (SSSR count). The van der Waals surface area contributed by atoms with Crippen LogP contribution in [0.5, 0.6) is 0 Å². The summed E-state index contributed by atoms with van der Waals surface area (Å²) in [6.45, 7) is 4.55. The molecule has 0 bridgehead atoms. The largest absolute Gasteiger partial charge is 0.465 e. The van der Waals surface area contributed by atoms with Crippen molar-refractivity contribution in [2.75, 3.05) is 40.3 Å². The van der Waals surface area contributed by atoms with E-state index in [1.165, 1.54) is 18.2 Å². The summed E-state index contributed by atoms with van der Waals surface area (Å²) in [6, 6.07) is 11.9. The summed E-state index contributed by atoms with van der Waals surface area (Å²) in [5.41, 5.74) is 7.82. The second kappa shape index (κ2) is 13.1. The molecule has 224 valence electrons. The number of rotatable bonds is 7. The van der Waals surface area contributed by atoms with Gasteiger partial charge in [-0.2, -0.15) is 0 Å². The zero-order valence-electron chi connectivity index (χ0n) is 25.4. The topological polar surface area (TPSA) is 67.7 Å². The van der Waals surface area contributed by atoms with Crippen LogP contribution in [0.1, 0.15) is 72.3 Å². The van der Waals surface area contributed by atoms with Gasteiger partial charge in [0.05, 0.1) is 12.7 Å². The highest BCUT2D eigenvalue weighted by Crippen LogP contribution is 2.32. The smallest absolute Gasteiger partial charge is 0.337 e. The van der Waals surface area contributed by atoms with Crippen molar-refractivity contribution in [1.29, 1.82) is 0 Å². The number of allylic oxidation sites excluding steroid dienone is 3. The molecule has 0 saturated carbocycles. The predicted molar refractivity (Wildman–Crippen MR) is 170 cm³/mol. The quantitative estimate of drug-likeness (QED) is 0.244. The maximum Gasteiger partial charge on any atom is 0.337 e. The van der Waals surface area contributed by atoms with Gasteiger partial charge in [-0.1, -0.05) is 41.5 Å². The van der Waals surface area contributed by atoms with Crippen molar-refractivity contribution in [1.82, 2.24) is 19.4 Å². The molecule has 7 nitrogen and oxygen atoms in total. The van der Waals surface area contributed by atoms with E-state index >= 15 is 0 Å². The molecule has 0 spiro atoms. The summed E-state index contributed by atoms with van der Waals surface area (Å²) in [5.74, 6) is 0.301. The molecule has 1 aromatic carbocycles. The summed E-state index contributed by atoms with van der Waals surface area (Å²) in [6.07, 6.45) is 17.9. The number of carbonyl (C=O) groups excluding carboxylic acids is 2. The molecule has 3 aromatic rings. The molecule has 7 heteroatoms. The van der Waals surface area contributed by atoms with Gasteiger partial charge in [-0.25, -0.2) is 9.78 Å². The number of aromatic nitrogens is 2. The van der Waals surface area contributed by atoms with Crippen LogP contribution in [0.4, 0.5) is 0 Å². The summed E-state index contributed by atoms with van der Waals surface area (Å²) >= 11 is 0. The monoisotopic (exact) mass is 578 g/mol. The number of benzene rings is 1. The third-order valence-corrected chi connectivity index (χ3v) is 9.33. The number of likely N-dealkylation sites (tertiary alicyclic amines) is 1. The lowest BCUT2D eigenvalue weighted by Crippen LogP contribution is -2.38. The molecule has 3 aliphatic rings. The van der Waals surface area contributed by atoms with Crippen molar-refractivity contribution < 1.29 is 14.3 Å². The van der Waals surface area contributed by atoms with E-state index in [0.29, 0.717) is 18.0 Å². The Labute approximate surface area is 254 Å². The Morgan fingerprint density at radius 3 is 2.51 bits per heavy atom. The first kappa shape index (κ1) is 29.1. The van der Waals surface area contributed by atoms with E-state index in [1.807, 2.05) is 18.3 Å². The minimum Gasteiger partial charge on any atom is -0.465 e. The highest BCUT2D eigenvalue weighted by atomic mass is 16.5. The number of hydrogen-bond acceptors (Lipinski definition) is 5. The Morgan fingerprint density at radius 1 is 0.953 bits per heavy atom. The molecular weight excluding hydrogens is 536 g/mol. The van der Waals surface area contributed by atoms with Gasteiger partial charge in [-0.15, -0.1) is 0 Å². The number of nitrogens with zero attached hydrogens (tertiary/aromatic N) is 4. The Morgan fingerprint density at radius 2 is 1.77 bits per heavy atom. The van der Waals surface area contributed by atoms with Crippen molar-refractivity contribution >= 4 is 22.9 Å². The van der Waals surface area contributed by atoms with Crippen molar-refractivity contribution in [3.8, 4) is 0 Å². The van der Waals surface area contributed by atoms with E-state index in [-0.39, 0.29) is 11.9 Å². The molecule has 1 fully saturated rings. The molecule has 2 aromatic heterocycles. The van der Waals surface area contributed by atoms with E-state index in [1.54, 1.807) is 17.7 Å². The molecule has 1 aliphatic carbocycles. The predicted octanol–water partition coefficient (Wildman–Crippen LogP) is 6.27. The highest BCUT2D eigenvalue weighted by Gasteiger charge is 2.27. The van der Waals surface area contributed by atoms with Crippen LogP contribution in [0.2, 0.25) is 0 Å². The third-order valence-electron chi connectivity index (χ3n) is 9.33. The fraction of sp³-hybridized carbons (Fsp3) is 0.417. The van der Waals surface area contributed by atoms with E-state index in [4.69, 9.17) is 9.72 Å². The Kier molecular flexibility index (Phi) is 8.89. The average molecular weight is 579 g/mol. The SMILES string of the molecule is COC(=O)c1ccc(Cn2ccc3cc(C4CCN(C(=O)C5=CC=C(CC6=CCCN(C)CC6)CC5)CC4)cnc32)cc1. The Hall–Kier alpha value is -3.97. The normalized spacial score (nSPS) is 18.6. The summed E-state index contributed by atoms with van der Waals surface area (Å²) < 4.78 is 6.93. The average Bonchev–Trinajstić information content (AvgIpc) is 3.33. The fourth-order valence-electron chi connectivity index (χ4n) is 6.62. The number of esters is 1. The van der Waals surface area contributed by atoms with Gasteiger partial charge in [0.25, 0.3) is 0 Å². The zero-order chi connectivity index (χ0) is 29.8. The van der Waals surface area contributed by atoms with E-state index in [2.05, 4.69) is 58.0 Å². The molecule has 0 N–H and O–H groups in total. The lowest BCUT2D eigenvalue weighted by atomic mass is 9.88. The minimum atomic E-state index is -0.327. The van der Waals surface area contributed by atoms with Gasteiger partial charge >= 0.3 is 5.97 Å². The zero-order valence-corrected chi connectivity index (χ0v) is 25.4. The molecule has 0 unspecified atom stereocenters.